The summed E-state index contributed by atoms with van der Waals surface area (Å²) in [5.74, 6) is 0.341. The number of nitrogens with one attached hydrogen (secondary N) is 1. The topological polar surface area (TPSA) is 105 Å². The molecule has 10 heteroatoms. The first-order chi connectivity index (χ1) is 17.7. The first kappa shape index (κ1) is 26.8. The van der Waals surface area contributed by atoms with E-state index < -0.39 is 10.0 Å². The van der Waals surface area contributed by atoms with Gasteiger partial charge in [0.1, 0.15) is 12.0 Å². The Bertz CT molecular complexity index is 1320. The number of likely N-dealkylation sites (tertiary alicyclic amines) is 1. The fourth-order valence-corrected chi connectivity index (χ4v) is 6.11. The Balaban J connectivity index is 1.34. The summed E-state index contributed by atoms with van der Waals surface area (Å²) in [6.45, 7) is 6.96. The highest BCUT2D eigenvalue weighted by atomic mass is 32.2. The molecule has 2 aromatic carbocycles. The molecular weight excluding hydrogens is 492 g/mol. The molecule has 9 nitrogen and oxygen atoms in total. The Hall–Kier alpha value is -3.21. The normalized spacial score (nSPS) is 14.3. The lowest BCUT2D eigenvalue weighted by Gasteiger charge is -2.19. The zero-order chi connectivity index (χ0) is 26.6. The van der Waals surface area contributed by atoms with Crippen molar-refractivity contribution in [1.29, 1.82) is 0 Å². The second kappa shape index (κ2) is 11.5. The minimum atomic E-state index is -3.82. The van der Waals surface area contributed by atoms with Crippen LogP contribution in [0.4, 0.5) is 0 Å². The number of aromatic nitrogens is 1. The molecule has 0 aliphatic carbocycles. The maximum absolute atomic E-state index is 13.2. The number of ether oxygens (including phenoxy) is 1. The van der Waals surface area contributed by atoms with Gasteiger partial charge in [0.15, 0.2) is 5.69 Å². The van der Waals surface area contributed by atoms with E-state index in [0.29, 0.717) is 23.4 Å². The highest BCUT2D eigenvalue weighted by Crippen LogP contribution is 2.28. The number of oxazole rings is 1. The number of sulfonamides is 1. The van der Waals surface area contributed by atoms with E-state index in [4.69, 9.17) is 9.15 Å². The second-order valence-corrected chi connectivity index (χ2v) is 11.4. The molecule has 2 heterocycles. The highest BCUT2D eigenvalue weighted by Gasteiger charge is 2.27. The third-order valence-electron chi connectivity index (χ3n) is 6.56. The number of methoxy groups -OCH3 is 1. The Labute approximate surface area is 218 Å². The molecule has 3 aromatic rings. The molecule has 0 saturated carbocycles. The van der Waals surface area contributed by atoms with Crippen LogP contribution in [0.15, 0.2) is 52.0 Å². The number of rotatable bonds is 10. The van der Waals surface area contributed by atoms with Crippen LogP contribution in [0.1, 0.15) is 51.5 Å². The molecule has 198 valence electrons. The van der Waals surface area contributed by atoms with Crippen LogP contribution in [0.2, 0.25) is 0 Å². The van der Waals surface area contributed by atoms with Crippen molar-refractivity contribution in [3.05, 3.63) is 76.5 Å². The molecule has 1 N–H and O–H groups in total. The zero-order valence-electron chi connectivity index (χ0n) is 21.8. The van der Waals surface area contributed by atoms with E-state index in [2.05, 4.69) is 27.3 Å². The number of amides is 1. The van der Waals surface area contributed by atoms with Crippen molar-refractivity contribution in [1.82, 2.24) is 19.5 Å². The molecular formula is C27H34N4O5S. The molecule has 0 atom stereocenters. The maximum atomic E-state index is 13.2. The van der Waals surface area contributed by atoms with Crippen LogP contribution in [0.25, 0.3) is 0 Å². The van der Waals surface area contributed by atoms with Crippen molar-refractivity contribution in [2.24, 2.45) is 0 Å². The first-order valence-corrected chi connectivity index (χ1v) is 13.8. The van der Waals surface area contributed by atoms with Gasteiger partial charge in [0.2, 0.25) is 15.9 Å². The Morgan fingerprint density at radius 3 is 2.35 bits per heavy atom. The number of hydrogen-bond donors (Lipinski definition) is 1. The van der Waals surface area contributed by atoms with Crippen LogP contribution in [0.5, 0.6) is 5.75 Å². The zero-order valence-corrected chi connectivity index (χ0v) is 22.6. The summed E-state index contributed by atoms with van der Waals surface area (Å²) < 4.78 is 38.3. The van der Waals surface area contributed by atoms with Crippen LogP contribution in [-0.2, 0) is 29.7 Å². The third-order valence-corrected chi connectivity index (χ3v) is 8.67. The van der Waals surface area contributed by atoms with Crippen LogP contribution >= 0.6 is 0 Å². The van der Waals surface area contributed by atoms with Crippen LogP contribution in [0.3, 0.4) is 0 Å². The molecule has 1 saturated heterocycles. The fourth-order valence-electron chi connectivity index (χ4n) is 4.59. The van der Waals surface area contributed by atoms with Gasteiger partial charge in [-0.1, -0.05) is 24.3 Å². The van der Waals surface area contributed by atoms with Gasteiger partial charge in [0.25, 0.3) is 5.91 Å². The van der Waals surface area contributed by atoms with Gasteiger partial charge in [0, 0.05) is 20.1 Å². The lowest BCUT2D eigenvalue weighted by Crippen LogP contribution is -2.28. The summed E-state index contributed by atoms with van der Waals surface area (Å²) in [5, 5.41) is 2.84. The molecule has 1 aromatic heterocycles. The molecule has 37 heavy (non-hydrogen) atoms. The van der Waals surface area contributed by atoms with Gasteiger partial charge >= 0.3 is 0 Å². The predicted molar refractivity (Wildman–Crippen MR) is 140 cm³/mol. The fraction of sp³-hybridized carbons (Fsp3) is 0.407. The summed E-state index contributed by atoms with van der Waals surface area (Å²) >= 11 is 0. The van der Waals surface area contributed by atoms with Crippen molar-refractivity contribution in [3.63, 3.8) is 0 Å². The Morgan fingerprint density at radius 1 is 1.11 bits per heavy atom. The van der Waals surface area contributed by atoms with E-state index in [1.54, 1.807) is 26.0 Å². The Kier molecular flexibility index (Phi) is 8.31. The van der Waals surface area contributed by atoms with Gasteiger partial charge in [-0.05, 0) is 74.2 Å². The lowest BCUT2D eigenvalue weighted by molar-refractivity contribution is 0.0946. The Morgan fingerprint density at radius 2 is 1.73 bits per heavy atom. The summed E-state index contributed by atoms with van der Waals surface area (Å²) in [4.78, 5) is 19.5. The van der Waals surface area contributed by atoms with Crippen LogP contribution in [-0.4, -0.2) is 55.8 Å². The number of carbonyl (C=O) groups is 1. The number of hydrogen-bond acceptors (Lipinski definition) is 7. The van der Waals surface area contributed by atoms with Crippen molar-refractivity contribution in [2.75, 3.05) is 27.2 Å². The number of benzene rings is 2. The van der Waals surface area contributed by atoms with Crippen molar-refractivity contribution < 1.29 is 22.4 Å². The molecule has 0 unspecified atom stereocenters. The van der Waals surface area contributed by atoms with Crippen LogP contribution < -0.4 is 10.1 Å². The average Bonchev–Trinajstić information content (AvgIpc) is 3.55. The van der Waals surface area contributed by atoms with Gasteiger partial charge in [-0.15, -0.1) is 0 Å². The van der Waals surface area contributed by atoms with Gasteiger partial charge in [-0.3, -0.25) is 9.69 Å². The quantitative estimate of drug-likeness (QED) is 0.430. The summed E-state index contributed by atoms with van der Waals surface area (Å²) in [6, 6.07) is 11.6. The van der Waals surface area contributed by atoms with E-state index in [0.717, 1.165) is 29.5 Å². The highest BCUT2D eigenvalue weighted by molar-refractivity contribution is 7.89. The van der Waals surface area contributed by atoms with Gasteiger partial charge < -0.3 is 14.5 Å². The van der Waals surface area contributed by atoms with Gasteiger partial charge in [-0.2, -0.15) is 4.31 Å². The van der Waals surface area contributed by atoms with E-state index in [1.165, 1.54) is 38.8 Å². The first-order valence-electron chi connectivity index (χ1n) is 12.3. The summed E-state index contributed by atoms with van der Waals surface area (Å²) in [5.41, 5.74) is 3.51. The standard InChI is InChI=1S/C27H34N4O5S/c1-19-13-23(35-4)14-20(2)26(19)37(33,34)30(3)17-25-29-24(18-36-25)27(32)28-15-21-7-9-22(10-8-21)16-31-11-5-6-12-31/h7-10,13-14,18H,5-6,11-12,15-17H2,1-4H3,(H,28,32). The third kappa shape index (κ3) is 6.38. The molecule has 0 radical (unpaired) electrons. The average molecular weight is 527 g/mol. The minimum Gasteiger partial charge on any atom is -0.497 e. The smallest absolute Gasteiger partial charge is 0.273 e. The number of carbonyl (C=O) groups excluding carboxylic acids is 1. The van der Waals surface area contributed by atoms with Crippen molar-refractivity contribution in [2.45, 2.75) is 51.2 Å². The molecule has 4 rings (SSSR count). The van der Waals surface area contributed by atoms with Crippen LogP contribution in [0, 0.1) is 13.8 Å². The van der Waals surface area contributed by atoms with E-state index in [1.807, 2.05) is 12.1 Å². The van der Waals surface area contributed by atoms with Crippen molar-refractivity contribution in [3.8, 4) is 5.75 Å². The van der Waals surface area contributed by atoms with E-state index >= 15 is 0 Å². The SMILES string of the molecule is COc1cc(C)c(S(=O)(=O)N(C)Cc2nc(C(=O)NCc3ccc(CN4CCCC4)cc3)co2)c(C)c1. The predicted octanol–water partition coefficient (Wildman–Crippen LogP) is 3.65. The molecule has 1 fully saturated rings. The lowest BCUT2D eigenvalue weighted by atomic mass is 10.1. The summed E-state index contributed by atoms with van der Waals surface area (Å²) in [6.07, 6.45) is 3.78. The van der Waals surface area contributed by atoms with Crippen molar-refractivity contribution >= 4 is 15.9 Å². The maximum Gasteiger partial charge on any atom is 0.273 e. The molecule has 0 bridgehead atoms. The minimum absolute atomic E-state index is 0.100. The molecule has 1 amide bonds. The monoisotopic (exact) mass is 526 g/mol. The summed E-state index contributed by atoms with van der Waals surface area (Å²) in [7, 11) is -0.825. The number of nitrogens with zero attached hydrogens (tertiary/aromatic N) is 3. The molecule has 1 aliphatic heterocycles. The van der Waals surface area contributed by atoms with E-state index in [9.17, 15) is 13.2 Å². The van der Waals surface area contributed by atoms with E-state index in [-0.39, 0.29) is 28.9 Å². The van der Waals surface area contributed by atoms with Gasteiger partial charge in [-0.25, -0.2) is 13.4 Å². The second-order valence-electron chi connectivity index (χ2n) is 9.46. The van der Waals surface area contributed by atoms with Gasteiger partial charge in [0.05, 0.1) is 18.6 Å². The molecule has 1 aliphatic rings. The molecule has 0 spiro atoms. The largest absolute Gasteiger partial charge is 0.497 e. The number of aryl methyl sites for hydroxylation is 2.